The van der Waals surface area contributed by atoms with Crippen LogP contribution in [0.1, 0.15) is 30.7 Å². The van der Waals surface area contributed by atoms with Crippen molar-refractivity contribution in [3.8, 4) is 0 Å². The van der Waals surface area contributed by atoms with E-state index in [0.717, 1.165) is 18.5 Å². The number of benzene rings is 1. The molecule has 0 fully saturated rings. The predicted octanol–water partition coefficient (Wildman–Crippen LogP) is 2.98. The van der Waals surface area contributed by atoms with Crippen LogP contribution in [0.5, 0.6) is 0 Å². The Morgan fingerprint density at radius 3 is 2.78 bits per heavy atom. The van der Waals surface area contributed by atoms with Crippen LogP contribution in [0.15, 0.2) is 40.7 Å². The molecule has 0 amide bonds. The highest BCUT2D eigenvalue weighted by Gasteiger charge is 2.42. The van der Waals surface area contributed by atoms with E-state index in [1.165, 1.54) is 12.1 Å². The number of dihydropyridines is 1. The summed E-state index contributed by atoms with van der Waals surface area (Å²) >= 11 is 5.90. The van der Waals surface area contributed by atoms with Gasteiger partial charge in [-0.2, -0.15) is 0 Å². The molecule has 6 heteroatoms. The fraction of sp³-hybridized carbons (Fsp3) is 0.294. The number of halogens is 2. The number of esters is 1. The van der Waals surface area contributed by atoms with E-state index >= 15 is 0 Å². The number of cyclic esters (lactones) is 1. The minimum Gasteiger partial charge on any atom is -0.456 e. The fourth-order valence-corrected chi connectivity index (χ4v) is 3.68. The van der Waals surface area contributed by atoms with E-state index in [1.807, 2.05) is 0 Å². The second kappa shape index (κ2) is 5.20. The van der Waals surface area contributed by atoms with Crippen molar-refractivity contribution in [1.29, 1.82) is 0 Å². The van der Waals surface area contributed by atoms with Crippen LogP contribution in [0.2, 0.25) is 5.02 Å². The van der Waals surface area contributed by atoms with Crippen LogP contribution in [0.25, 0.3) is 0 Å². The number of ketones is 1. The van der Waals surface area contributed by atoms with Gasteiger partial charge in [0.1, 0.15) is 12.4 Å². The second-order valence-electron chi connectivity index (χ2n) is 5.87. The molecule has 1 N–H and O–H groups in total. The molecular formula is C17H13ClFNO3. The molecule has 2 aliphatic heterocycles. The van der Waals surface area contributed by atoms with E-state index in [-0.39, 0.29) is 17.4 Å². The van der Waals surface area contributed by atoms with Crippen molar-refractivity contribution < 1.29 is 18.7 Å². The second-order valence-corrected chi connectivity index (χ2v) is 6.28. The van der Waals surface area contributed by atoms with Gasteiger partial charge in [-0.15, -0.1) is 0 Å². The molecular weight excluding hydrogens is 321 g/mol. The number of rotatable bonds is 1. The van der Waals surface area contributed by atoms with E-state index in [0.29, 0.717) is 28.8 Å². The normalized spacial score (nSPS) is 23.5. The zero-order chi connectivity index (χ0) is 16.1. The molecule has 23 heavy (non-hydrogen) atoms. The maximum atomic E-state index is 13.5. The number of carbonyl (C=O) groups excluding carboxylic acids is 2. The average Bonchev–Trinajstić information content (AvgIpc) is 2.90. The first-order chi connectivity index (χ1) is 11.1. The third-order valence-electron chi connectivity index (χ3n) is 4.50. The van der Waals surface area contributed by atoms with Crippen LogP contribution >= 0.6 is 11.6 Å². The number of allylic oxidation sites excluding steroid dienone is 2. The molecule has 0 aromatic heterocycles. The predicted molar refractivity (Wildman–Crippen MR) is 81.2 cm³/mol. The van der Waals surface area contributed by atoms with Crippen LogP contribution < -0.4 is 5.32 Å². The van der Waals surface area contributed by atoms with Gasteiger partial charge in [-0.1, -0.05) is 17.7 Å². The van der Waals surface area contributed by atoms with Crippen molar-refractivity contribution in [3.63, 3.8) is 0 Å². The number of Topliss-reactive ketones (excluding diaryl/α,β-unsaturated/α-hetero) is 1. The summed E-state index contributed by atoms with van der Waals surface area (Å²) in [5.41, 5.74) is 3.17. The first kappa shape index (κ1) is 14.5. The standard InChI is InChI=1S/C17H13ClFNO3/c18-9-6-8(4-5-10(9)19)14-15-11(2-1-3-13(15)21)20-12-7-23-17(22)16(12)14/h4-6,14,20H,1-3,7H2/t14-/m1/s1. The molecule has 0 bridgehead atoms. The van der Waals surface area contributed by atoms with Crippen molar-refractivity contribution >= 4 is 23.4 Å². The largest absolute Gasteiger partial charge is 0.456 e. The van der Waals surface area contributed by atoms with Crippen LogP contribution in [-0.2, 0) is 14.3 Å². The number of nitrogens with one attached hydrogen (secondary N) is 1. The lowest BCUT2D eigenvalue weighted by atomic mass is 9.75. The first-order valence-electron chi connectivity index (χ1n) is 7.44. The van der Waals surface area contributed by atoms with Gasteiger partial charge in [0.05, 0.1) is 16.3 Å². The molecule has 3 aliphatic rings. The number of hydrogen-bond donors (Lipinski definition) is 1. The topological polar surface area (TPSA) is 55.4 Å². The third-order valence-corrected chi connectivity index (χ3v) is 4.79. The Kier molecular flexibility index (Phi) is 3.27. The minimum absolute atomic E-state index is 0.00967. The highest BCUT2D eigenvalue weighted by Crippen LogP contribution is 2.44. The first-order valence-corrected chi connectivity index (χ1v) is 7.82. The number of hydrogen-bond acceptors (Lipinski definition) is 4. The SMILES string of the molecule is O=C1CCCC2=C1[C@@H](c1ccc(F)c(Cl)c1)C1=C(COC1=O)N2. The van der Waals surface area contributed by atoms with Gasteiger partial charge in [0.15, 0.2) is 5.78 Å². The van der Waals surface area contributed by atoms with Crippen LogP contribution in [0, 0.1) is 5.82 Å². The van der Waals surface area contributed by atoms with Crippen LogP contribution in [0.3, 0.4) is 0 Å². The van der Waals surface area contributed by atoms with Crippen LogP contribution in [-0.4, -0.2) is 18.4 Å². The van der Waals surface area contributed by atoms with E-state index < -0.39 is 17.7 Å². The Hall–Kier alpha value is -2.14. The third kappa shape index (κ3) is 2.18. The van der Waals surface area contributed by atoms with Crippen molar-refractivity contribution in [2.75, 3.05) is 6.61 Å². The van der Waals surface area contributed by atoms with Gasteiger partial charge in [-0.3, -0.25) is 4.79 Å². The fourth-order valence-electron chi connectivity index (χ4n) is 3.49. The lowest BCUT2D eigenvalue weighted by Crippen LogP contribution is -2.32. The van der Waals surface area contributed by atoms with Gasteiger partial charge < -0.3 is 10.1 Å². The van der Waals surface area contributed by atoms with E-state index in [4.69, 9.17) is 16.3 Å². The zero-order valence-electron chi connectivity index (χ0n) is 12.1. The molecule has 4 rings (SSSR count). The number of ether oxygens (including phenoxy) is 1. The van der Waals surface area contributed by atoms with Gasteiger partial charge >= 0.3 is 5.97 Å². The van der Waals surface area contributed by atoms with Gasteiger partial charge in [-0.25, -0.2) is 9.18 Å². The Bertz CT molecular complexity index is 812. The summed E-state index contributed by atoms with van der Waals surface area (Å²) in [6.45, 7) is 0.171. The molecule has 2 heterocycles. The monoisotopic (exact) mass is 333 g/mol. The molecule has 0 radical (unpaired) electrons. The molecule has 0 saturated carbocycles. The molecule has 1 aliphatic carbocycles. The quantitative estimate of drug-likeness (QED) is 0.803. The molecule has 0 unspecified atom stereocenters. The summed E-state index contributed by atoms with van der Waals surface area (Å²) in [4.78, 5) is 24.6. The summed E-state index contributed by atoms with van der Waals surface area (Å²) in [6.07, 6.45) is 1.97. The molecule has 0 spiro atoms. The van der Waals surface area contributed by atoms with Gasteiger partial charge in [-0.05, 0) is 30.5 Å². The lowest BCUT2D eigenvalue weighted by Gasteiger charge is -2.32. The average molecular weight is 334 g/mol. The van der Waals surface area contributed by atoms with Gasteiger partial charge in [0.25, 0.3) is 0 Å². The Morgan fingerprint density at radius 2 is 2.00 bits per heavy atom. The van der Waals surface area contributed by atoms with E-state index in [2.05, 4.69) is 5.32 Å². The molecule has 118 valence electrons. The van der Waals surface area contributed by atoms with E-state index in [1.54, 1.807) is 6.07 Å². The molecule has 4 nitrogen and oxygen atoms in total. The van der Waals surface area contributed by atoms with Crippen LogP contribution in [0.4, 0.5) is 4.39 Å². The minimum atomic E-state index is -0.540. The summed E-state index contributed by atoms with van der Waals surface area (Å²) in [6, 6.07) is 4.31. The Labute approximate surface area is 137 Å². The van der Waals surface area contributed by atoms with E-state index in [9.17, 15) is 14.0 Å². The van der Waals surface area contributed by atoms with Crippen molar-refractivity contribution in [3.05, 3.63) is 57.1 Å². The highest BCUT2D eigenvalue weighted by atomic mass is 35.5. The van der Waals surface area contributed by atoms with Crippen molar-refractivity contribution in [2.24, 2.45) is 0 Å². The molecule has 1 atom stereocenters. The van der Waals surface area contributed by atoms with Gasteiger partial charge in [0, 0.05) is 23.6 Å². The summed E-state index contributed by atoms with van der Waals surface area (Å²) < 4.78 is 18.6. The summed E-state index contributed by atoms with van der Waals surface area (Å²) in [5.74, 6) is -1.50. The maximum absolute atomic E-state index is 13.5. The highest BCUT2D eigenvalue weighted by molar-refractivity contribution is 6.30. The molecule has 1 aromatic carbocycles. The Morgan fingerprint density at radius 1 is 1.17 bits per heavy atom. The van der Waals surface area contributed by atoms with Crippen molar-refractivity contribution in [2.45, 2.75) is 25.2 Å². The number of carbonyl (C=O) groups is 2. The molecule has 0 saturated heterocycles. The van der Waals surface area contributed by atoms with Crippen molar-refractivity contribution in [1.82, 2.24) is 5.32 Å². The summed E-state index contributed by atoms with van der Waals surface area (Å²) in [5, 5.41) is 3.16. The zero-order valence-corrected chi connectivity index (χ0v) is 12.9. The van der Waals surface area contributed by atoms with Gasteiger partial charge in [0.2, 0.25) is 0 Å². The lowest BCUT2D eigenvalue weighted by molar-refractivity contribution is -0.136. The maximum Gasteiger partial charge on any atom is 0.337 e. The smallest absolute Gasteiger partial charge is 0.337 e. The summed E-state index contributed by atoms with van der Waals surface area (Å²) in [7, 11) is 0. The Balaban J connectivity index is 1.91. The molecule has 1 aromatic rings.